The van der Waals surface area contributed by atoms with E-state index >= 15 is 0 Å². The molecule has 4 rings (SSSR count). The number of nitriles is 4. The molecule has 0 aliphatic heterocycles. The average molecular weight is 332 g/mol. The average Bonchev–Trinajstić information content (AvgIpc) is 2.71. The van der Waals surface area contributed by atoms with Crippen LogP contribution in [0.25, 0.3) is 32.8 Å². The summed E-state index contributed by atoms with van der Waals surface area (Å²) in [5.74, 6) is 0. The lowest BCUT2D eigenvalue weighted by Crippen LogP contribution is -2.02. The van der Waals surface area contributed by atoms with Gasteiger partial charge in [-0.2, -0.15) is 21.0 Å². The maximum absolute atomic E-state index is 9.24. The monoisotopic (exact) mass is 332 g/mol. The van der Waals surface area contributed by atoms with Gasteiger partial charge in [0.25, 0.3) is 0 Å². The summed E-state index contributed by atoms with van der Waals surface area (Å²) in [4.78, 5) is 17.0. The number of aromatic nitrogens is 4. The molecule has 0 fully saturated rings. The zero-order valence-corrected chi connectivity index (χ0v) is 12.9. The molecule has 8 nitrogen and oxygen atoms in total. The van der Waals surface area contributed by atoms with E-state index in [1.165, 1.54) is 0 Å². The highest BCUT2D eigenvalue weighted by Gasteiger charge is 2.19. The highest BCUT2D eigenvalue weighted by Crippen LogP contribution is 2.32. The van der Waals surface area contributed by atoms with Gasteiger partial charge in [-0.15, -0.1) is 0 Å². The van der Waals surface area contributed by atoms with Crippen LogP contribution in [0.1, 0.15) is 22.8 Å². The van der Waals surface area contributed by atoms with Gasteiger partial charge in [-0.05, 0) is 0 Å². The van der Waals surface area contributed by atoms with Crippen molar-refractivity contribution in [3.8, 4) is 24.3 Å². The first-order valence-corrected chi connectivity index (χ1v) is 7.26. The Labute approximate surface area is 145 Å². The second-order valence-electron chi connectivity index (χ2n) is 5.23. The Morgan fingerprint density at radius 1 is 0.500 bits per heavy atom. The molecule has 26 heavy (non-hydrogen) atoms. The largest absolute Gasteiger partial charge is 0.232 e. The van der Waals surface area contributed by atoms with Crippen molar-refractivity contribution in [3.63, 3.8) is 0 Å². The van der Waals surface area contributed by atoms with Crippen molar-refractivity contribution in [3.05, 3.63) is 47.0 Å². The Morgan fingerprint density at radius 3 is 1.12 bits per heavy atom. The minimum atomic E-state index is -0.138. The molecule has 2 heterocycles. The summed E-state index contributed by atoms with van der Waals surface area (Å²) in [5, 5.41) is 38.3. The van der Waals surface area contributed by atoms with Crippen LogP contribution >= 0.6 is 0 Å². The number of rotatable bonds is 0. The van der Waals surface area contributed by atoms with Gasteiger partial charge in [-0.3, -0.25) is 0 Å². The lowest BCUT2D eigenvalue weighted by Gasteiger charge is -2.09. The van der Waals surface area contributed by atoms with Gasteiger partial charge in [0, 0.05) is 10.8 Å². The molecular formula is C18H4N8. The molecule has 0 amide bonds. The standard InChI is InChI=1S/C18H4N8/c19-5-11-13(7-21)25-17-15(23-11)9-3-1-2-4-10(9)16-18(17)26-14(8-22)12(6-20)24-16/h1-4H. The fraction of sp³-hybridized carbons (Fsp3) is 0. The van der Waals surface area contributed by atoms with E-state index in [0.29, 0.717) is 21.8 Å². The highest BCUT2D eigenvalue weighted by molar-refractivity contribution is 6.20. The third-order valence-electron chi connectivity index (χ3n) is 3.88. The van der Waals surface area contributed by atoms with Crippen LogP contribution in [-0.4, -0.2) is 19.9 Å². The predicted octanol–water partition coefficient (Wildman–Crippen LogP) is 2.21. The summed E-state index contributed by atoms with van der Waals surface area (Å²) < 4.78 is 0. The van der Waals surface area contributed by atoms with Crippen LogP contribution in [-0.2, 0) is 0 Å². The topological polar surface area (TPSA) is 147 Å². The molecule has 4 aromatic rings. The first-order valence-electron chi connectivity index (χ1n) is 7.26. The summed E-state index contributed by atoms with van der Waals surface area (Å²) in [5.41, 5.74) is 0.810. The first kappa shape index (κ1) is 14.9. The SMILES string of the molecule is N#Cc1nc2c3ccccc3c3nc(C#N)c(C#N)nc3c2nc1C#N. The molecule has 0 bridgehead atoms. The number of benzene rings is 2. The van der Waals surface area contributed by atoms with Crippen molar-refractivity contribution in [2.75, 3.05) is 0 Å². The van der Waals surface area contributed by atoms with Gasteiger partial charge in [0.1, 0.15) is 46.3 Å². The van der Waals surface area contributed by atoms with Gasteiger partial charge < -0.3 is 0 Å². The zero-order valence-electron chi connectivity index (χ0n) is 12.9. The van der Waals surface area contributed by atoms with Crippen LogP contribution < -0.4 is 0 Å². The number of hydrogen-bond acceptors (Lipinski definition) is 8. The van der Waals surface area contributed by atoms with Crippen LogP contribution in [0.3, 0.4) is 0 Å². The molecule has 0 aliphatic carbocycles. The van der Waals surface area contributed by atoms with Crippen LogP contribution in [0, 0.1) is 45.3 Å². The predicted molar refractivity (Wildman–Crippen MR) is 89.0 cm³/mol. The van der Waals surface area contributed by atoms with E-state index in [-0.39, 0.29) is 33.8 Å². The van der Waals surface area contributed by atoms with Crippen molar-refractivity contribution in [1.29, 1.82) is 21.0 Å². The summed E-state index contributed by atoms with van der Waals surface area (Å²) in [6.45, 7) is 0. The van der Waals surface area contributed by atoms with E-state index in [2.05, 4.69) is 19.9 Å². The fourth-order valence-corrected chi connectivity index (χ4v) is 2.78. The quantitative estimate of drug-likeness (QED) is 0.445. The van der Waals surface area contributed by atoms with Gasteiger partial charge in [0.2, 0.25) is 0 Å². The molecule has 0 saturated carbocycles. The van der Waals surface area contributed by atoms with Gasteiger partial charge in [0.15, 0.2) is 22.8 Å². The second-order valence-corrected chi connectivity index (χ2v) is 5.23. The van der Waals surface area contributed by atoms with Crippen LogP contribution in [0.2, 0.25) is 0 Å². The van der Waals surface area contributed by atoms with Crippen LogP contribution in [0.4, 0.5) is 0 Å². The highest BCUT2D eigenvalue weighted by atomic mass is 14.9. The molecule has 0 spiro atoms. The Bertz CT molecular complexity index is 1310. The molecule has 0 atom stereocenters. The van der Waals surface area contributed by atoms with Crippen molar-refractivity contribution in [2.24, 2.45) is 0 Å². The number of nitrogens with zero attached hydrogens (tertiary/aromatic N) is 8. The van der Waals surface area contributed by atoms with E-state index in [4.69, 9.17) is 0 Å². The molecule has 116 valence electrons. The number of hydrogen-bond donors (Lipinski definition) is 0. The molecule has 8 heteroatoms. The van der Waals surface area contributed by atoms with Crippen LogP contribution in [0.5, 0.6) is 0 Å². The normalized spacial score (nSPS) is 10.2. The molecule has 0 saturated heterocycles. The van der Waals surface area contributed by atoms with Gasteiger partial charge in [0.05, 0.1) is 0 Å². The maximum Gasteiger partial charge on any atom is 0.177 e. The molecule has 0 aliphatic rings. The van der Waals surface area contributed by atoms with E-state index < -0.39 is 0 Å². The smallest absolute Gasteiger partial charge is 0.177 e. The summed E-state index contributed by atoms with van der Waals surface area (Å²) in [6.07, 6.45) is 0. The lowest BCUT2D eigenvalue weighted by molar-refractivity contribution is 1.18. The molecular weight excluding hydrogens is 328 g/mol. The molecule has 2 aromatic heterocycles. The Balaban J connectivity index is 2.38. The number of fused-ring (bicyclic) bond motifs is 6. The van der Waals surface area contributed by atoms with E-state index in [1.54, 1.807) is 24.3 Å². The Hall–Kier alpha value is -4.66. The maximum atomic E-state index is 9.24. The van der Waals surface area contributed by atoms with Gasteiger partial charge in [-0.25, -0.2) is 19.9 Å². The Morgan fingerprint density at radius 2 is 0.808 bits per heavy atom. The van der Waals surface area contributed by atoms with Gasteiger partial charge >= 0.3 is 0 Å². The molecule has 0 radical (unpaired) electrons. The summed E-state index contributed by atoms with van der Waals surface area (Å²) >= 11 is 0. The molecule has 2 aromatic carbocycles. The molecule has 0 unspecified atom stereocenters. The van der Waals surface area contributed by atoms with E-state index in [0.717, 1.165) is 0 Å². The van der Waals surface area contributed by atoms with Crippen LogP contribution in [0.15, 0.2) is 24.3 Å². The van der Waals surface area contributed by atoms with Crippen molar-refractivity contribution < 1.29 is 0 Å². The minimum absolute atomic E-state index is 0.0911. The minimum Gasteiger partial charge on any atom is -0.232 e. The summed E-state index contributed by atoms with van der Waals surface area (Å²) in [6, 6.07) is 14.6. The molecule has 0 N–H and O–H groups in total. The third kappa shape index (κ3) is 1.91. The van der Waals surface area contributed by atoms with E-state index in [9.17, 15) is 21.0 Å². The first-order chi connectivity index (χ1) is 12.7. The second kappa shape index (κ2) is 5.46. The van der Waals surface area contributed by atoms with Crippen molar-refractivity contribution in [2.45, 2.75) is 0 Å². The fourth-order valence-electron chi connectivity index (χ4n) is 2.78. The third-order valence-corrected chi connectivity index (χ3v) is 3.88. The van der Waals surface area contributed by atoms with E-state index in [1.807, 2.05) is 24.3 Å². The van der Waals surface area contributed by atoms with Gasteiger partial charge in [-0.1, -0.05) is 24.3 Å². The summed E-state index contributed by atoms with van der Waals surface area (Å²) in [7, 11) is 0. The lowest BCUT2D eigenvalue weighted by atomic mass is 10.0. The Kier molecular flexibility index (Phi) is 3.13. The van der Waals surface area contributed by atoms with Crippen molar-refractivity contribution in [1.82, 2.24) is 19.9 Å². The van der Waals surface area contributed by atoms with Crippen molar-refractivity contribution >= 4 is 32.8 Å². The zero-order chi connectivity index (χ0) is 18.3.